The molecule has 1 atom stereocenters. The number of hydrogen-bond donors (Lipinski definition) is 1. The molecule has 1 aromatic carbocycles. The molecule has 0 saturated carbocycles. The fourth-order valence-corrected chi connectivity index (χ4v) is 3.27. The maximum absolute atomic E-state index is 13.4. The number of halogens is 2. The summed E-state index contributed by atoms with van der Waals surface area (Å²) in [6.07, 6.45) is 5.01. The van der Waals surface area contributed by atoms with Crippen molar-refractivity contribution in [2.45, 2.75) is 19.3 Å². The summed E-state index contributed by atoms with van der Waals surface area (Å²) in [5.74, 6) is 0.966. The minimum absolute atomic E-state index is 0.274. The van der Waals surface area contributed by atoms with Crippen LogP contribution in [0.3, 0.4) is 0 Å². The fourth-order valence-electron chi connectivity index (χ4n) is 2.84. The van der Waals surface area contributed by atoms with E-state index in [4.69, 9.17) is 0 Å². The fraction of sp³-hybridized carbons (Fsp3) is 0.375. The highest BCUT2D eigenvalue weighted by Gasteiger charge is 2.20. The average molecular weight is 350 g/mol. The molecule has 2 aromatic rings. The highest BCUT2D eigenvalue weighted by atomic mass is 79.9. The molecule has 0 amide bonds. The van der Waals surface area contributed by atoms with Gasteiger partial charge >= 0.3 is 0 Å². The van der Waals surface area contributed by atoms with Crippen LogP contribution in [-0.2, 0) is 12.8 Å². The zero-order valence-corrected chi connectivity index (χ0v) is 13.5. The summed E-state index contributed by atoms with van der Waals surface area (Å²) in [6.45, 7) is 1.02. The second-order valence-corrected chi connectivity index (χ2v) is 6.31. The SMILES string of the molecule is CNCC1CCc2nc(-c3cc(F)ccc3Br)ncc2C1. The lowest BCUT2D eigenvalue weighted by atomic mass is 9.87. The van der Waals surface area contributed by atoms with Crippen molar-refractivity contribution in [3.05, 3.63) is 45.9 Å². The standard InChI is InChI=1S/C16H17BrFN3/c1-19-8-10-2-5-15-11(6-10)9-20-16(21-15)13-7-12(18)3-4-14(13)17/h3-4,7,9-10,19H,2,5-6,8H2,1H3. The first-order chi connectivity index (χ1) is 10.2. The Morgan fingerprint density at radius 2 is 2.29 bits per heavy atom. The molecule has 0 spiro atoms. The Balaban J connectivity index is 1.92. The second-order valence-electron chi connectivity index (χ2n) is 5.46. The van der Waals surface area contributed by atoms with E-state index in [0.29, 0.717) is 17.3 Å². The van der Waals surface area contributed by atoms with E-state index in [1.54, 1.807) is 6.07 Å². The molecule has 0 saturated heterocycles. The van der Waals surface area contributed by atoms with Gasteiger partial charge < -0.3 is 5.32 Å². The minimum Gasteiger partial charge on any atom is -0.319 e. The molecule has 1 aliphatic rings. The van der Waals surface area contributed by atoms with Gasteiger partial charge in [-0.3, -0.25) is 0 Å². The third kappa shape index (κ3) is 3.14. The lowest BCUT2D eigenvalue weighted by molar-refractivity contribution is 0.434. The first kappa shape index (κ1) is 14.6. The Labute approximate surface area is 132 Å². The quantitative estimate of drug-likeness (QED) is 0.922. The number of aryl methyl sites for hydroxylation is 1. The summed E-state index contributed by atoms with van der Waals surface area (Å²) >= 11 is 3.44. The molecule has 3 nitrogen and oxygen atoms in total. The molecule has 1 N–H and O–H groups in total. The third-order valence-electron chi connectivity index (χ3n) is 3.91. The van der Waals surface area contributed by atoms with Crippen LogP contribution in [0.4, 0.5) is 4.39 Å². The van der Waals surface area contributed by atoms with Crippen LogP contribution in [0.15, 0.2) is 28.9 Å². The molecular formula is C16H17BrFN3. The van der Waals surface area contributed by atoms with Gasteiger partial charge in [0.05, 0.1) is 0 Å². The van der Waals surface area contributed by atoms with Crippen molar-refractivity contribution in [3.8, 4) is 11.4 Å². The van der Waals surface area contributed by atoms with Gasteiger partial charge in [0.2, 0.25) is 0 Å². The van der Waals surface area contributed by atoms with E-state index in [2.05, 4.69) is 31.2 Å². The van der Waals surface area contributed by atoms with Gasteiger partial charge in [-0.15, -0.1) is 0 Å². The maximum Gasteiger partial charge on any atom is 0.160 e. The van der Waals surface area contributed by atoms with Crippen LogP contribution in [-0.4, -0.2) is 23.6 Å². The number of fused-ring (bicyclic) bond motifs is 1. The van der Waals surface area contributed by atoms with E-state index in [1.807, 2.05) is 13.2 Å². The Morgan fingerprint density at radius 1 is 1.43 bits per heavy atom. The molecule has 0 aliphatic heterocycles. The van der Waals surface area contributed by atoms with Crippen molar-refractivity contribution in [2.24, 2.45) is 5.92 Å². The van der Waals surface area contributed by atoms with Crippen LogP contribution in [0.1, 0.15) is 17.7 Å². The zero-order chi connectivity index (χ0) is 14.8. The largest absolute Gasteiger partial charge is 0.319 e. The molecule has 21 heavy (non-hydrogen) atoms. The molecule has 0 bridgehead atoms. The van der Waals surface area contributed by atoms with Crippen LogP contribution in [0.5, 0.6) is 0 Å². The first-order valence-corrected chi connectivity index (χ1v) is 7.91. The van der Waals surface area contributed by atoms with Gasteiger partial charge in [-0.05, 0) is 62.5 Å². The van der Waals surface area contributed by atoms with Gasteiger partial charge in [0, 0.05) is 21.9 Å². The molecule has 1 unspecified atom stereocenters. The summed E-state index contributed by atoms with van der Waals surface area (Å²) in [5.41, 5.74) is 3.02. The number of nitrogens with zero attached hydrogens (tertiary/aromatic N) is 2. The van der Waals surface area contributed by atoms with Crippen molar-refractivity contribution < 1.29 is 4.39 Å². The zero-order valence-electron chi connectivity index (χ0n) is 11.9. The molecule has 0 radical (unpaired) electrons. The highest BCUT2D eigenvalue weighted by molar-refractivity contribution is 9.10. The normalized spacial score (nSPS) is 17.6. The summed E-state index contributed by atoms with van der Waals surface area (Å²) in [4.78, 5) is 9.08. The van der Waals surface area contributed by atoms with Gasteiger partial charge in [0.25, 0.3) is 0 Å². The molecule has 110 valence electrons. The Bertz CT molecular complexity index is 660. The number of rotatable bonds is 3. The molecule has 3 rings (SSSR count). The van der Waals surface area contributed by atoms with E-state index >= 15 is 0 Å². The highest BCUT2D eigenvalue weighted by Crippen LogP contribution is 2.29. The van der Waals surface area contributed by atoms with Crippen LogP contribution in [0.2, 0.25) is 0 Å². The Kier molecular flexibility index (Phi) is 4.31. The molecule has 0 fully saturated rings. The van der Waals surface area contributed by atoms with E-state index < -0.39 is 0 Å². The molecule has 1 aromatic heterocycles. The van der Waals surface area contributed by atoms with Crippen molar-refractivity contribution in [2.75, 3.05) is 13.6 Å². The number of nitrogens with one attached hydrogen (secondary N) is 1. The van der Waals surface area contributed by atoms with E-state index in [-0.39, 0.29) is 5.82 Å². The summed E-state index contributed by atoms with van der Waals surface area (Å²) < 4.78 is 14.2. The van der Waals surface area contributed by atoms with E-state index in [9.17, 15) is 4.39 Å². The smallest absolute Gasteiger partial charge is 0.160 e. The first-order valence-electron chi connectivity index (χ1n) is 7.12. The molecular weight excluding hydrogens is 333 g/mol. The van der Waals surface area contributed by atoms with Gasteiger partial charge in [0.1, 0.15) is 5.82 Å². The Morgan fingerprint density at radius 3 is 3.10 bits per heavy atom. The van der Waals surface area contributed by atoms with Crippen LogP contribution in [0, 0.1) is 11.7 Å². The minimum atomic E-state index is -0.274. The molecule has 1 heterocycles. The Hall–Kier alpha value is -1.33. The number of benzene rings is 1. The lowest BCUT2D eigenvalue weighted by Crippen LogP contribution is -2.25. The summed E-state index contributed by atoms with van der Waals surface area (Å²) in [5, 5.41) is 3.23. The summed E-state index contributed by atoms with van der Waals surface area (Å²) in [7, 11) is 1.98. The second kappa shape index (κ2) is 6.20. The third-order valence-corrected chi connectivity index (χ3v) is 4.61. The predicted molar refractivity (Wildman–Crippen MR) is 84.6 cm³/mol. The maximum atomic E-state index is 13.4. The van der Waals surface area contributed by atoms with Gasteiger partial charge in [-0.25, -0.2) is 14.4 Å². The van der Waals surface area contributed by atoms with Crippen LogP contribution in [0.25, 0.3) is 11.4 Å². The monoisotopic (exact) mass is 349 g/mol. The van der Waals surface area contributed by atoms with Crippen molar-refractivity contribution >= 4 is 15.9 Å². The van der Waals surface area contributed by atoms with Crippen molar-refractivity contribution in [1.29, 1.82) is 0 Å². The van der Waals surface area contributed by atoms with E-state index in [1.165, 1.54) is 17.7 Å². The molecule has 5 heteroatoms. The predicted octanol–water partition coefficient (Wildman–Crippen LogP) is 3.37. The van der Waals surface area contributed by atoms with Crippen LogP contribution < -0.4 is 5.32 Å². The topological polar surface area (TPSA) is 37.8 Å². The van der Waals surface area contributed by atoms with Crippen molar-refractivity contribution in [3.63, 3.8) is 0 Å². The van der Waals surface area contributed by atoms with Gasteiger partial charge in [-0.2, -0.15) is 0 Å². The van der Waals surface area contributed by atoms with Gasteiger partial charge in [-0.1, -0.05) is 15.9 Å². The number of aromatic nitrogens is 2. The van der Waals surface area contributed by atoms with Gasteiger partial charge in [0.15, 0.2) is 5.82 Å². The van der Waals surface area contributed by atoms with Crippen LogP contribution >= 0.6 is 15.9 Å². The summed E-state index contributed by atoms with van der Waals surface area (Å²) in [6, 6.07) is 4.59. The van der Waals surface area contributed by atoms with E-state index in [0.717, 1.165) is 36.0 Å². The molecule has 1 aliphatic carbocycles. The van der Waals surface area contributed by atoms with Crippen molar-refractivity contribution in [1.82, 2.24) is 15.3 Å². The average Bonchev–Trinajstić information content (AvgIpc) is 2.49. The lowest BCUT2D eigenvalue weighted by Gasteiger charge is -2.23. The number of hydrogen-bond acceptors (Lipinski definition) is 3.